The van der Waals surface area contributed by atoms with Gasteiger partial charge in [0.1, 0.15) is 5.82 Å². The fourth-order valence-corrected chi connectivity index (χ4v) is 0.938. The van der Waals surface area contributed by atoms with Crippen molar-refractivity contribution < 1.29 is 4.74 Å². The van der Waals surface area contributed by atoms with Gasteiger partial charge in [0.2, 0.25) is 11.9 Å². The molecule has 78 valence electrons. The van der Waals surface area contributed by atoms with E-state index in [-0.39, 0.29) is 0 Å². The Hall–Kier alpha value is -1.43. The first-order chi connectivity index (χ1) is 6.76. The van der Waals surface area contributed by atoms with Gasteiger partial charge in [-0.2, -0.15) is 15.0 Å². The Kier molecular flexibility index (Phi) is 4.06. The minimum absolute atomic E-state index is 0.567. The average molecular weight is 197 g/mol. The van der Waals surface area contributed by atoms with Gasteiger partial charge < -0.3 is 15.4 Å². The summed E-state index contributed by atoms with van der Waals surface area (Å²) in [6, 6.07) is 0. The molecule has 0 saturated heterocycles. The molecule has 0 aromatic carbocycles. The summed E-state index contributed by atoms with van der Waals surface area (Å²) in [5, 5.41) is 5.90. The lowest BCUT2D eigenvalue weighted by Crippen LogP contribution is -2.12. The number of hydrogen-bond acceptors (Lipinski definition) is 6. The van der Waals surface area contributed by atoms with Crippen molar-refractivity contribution in [3.05, 3.63) is 5.82 Å². The zero-order valence-electron chi connectivity index (χ0n) is 8.66. The summed E-state index contributed by atoms with van der Waals surface area (Å²) in [6.07, 6.45) is 0. The predicted molar refractivity (Wildman–Crippen MR) is 54.5 cm³/mol. The zero-order chi connectivity index (χ0) is 10.4. The first kappa shape index (κ1) is 10.6. The molecule has 0 saturated carbocycles. The van der Waals surface area contributed by atoms with Crippen LogP contribution in [0.4, 0.5) is 11.9 Å². The van der Waals surface area contributed by atoms with E-state index in [2.05, 4.69) is 25.6 Å². The van der Waals surface area contributed by atoms with Crippen molar-refractivity contribution in [2.45, 2.75) is 6.92 Å². The van der Waals surface area contributed by atoms with Gasteiger partial charge in [0.05, 0.1) is 6.61 Å². The Morgan fingerprint density at radius 1 is 1.21 bits per heavy atom. The lowest BCUT2D eigenvalue weighted by atomic mass is 10.6. The molecule has 0 radical (unpaired) electrons. The van der Waals surface area contributed by atoms with Crippen LogP contribution in [0.2, 0.25) is 0 Å². The van der Waals surface area contributed by atoms with Gasteiger partial charge in [0.25, 0.3) is 0 Å². The highest BCUT2D eigenvalue weighted by atomic mass is 16.5. The molecule has 0 atom stereocenters. The van der Waals surface area contributed by atoms with E-state index in [0.29, 0.717) is 30.9 Å². The number of aryl methyl sites for hydroxylation is 1. The number of anilines is 2. The van der Waals surface area contributed by atoms with Gasteiger partial charge in [-0.05, 0) is 6.92 Å². The molecule has 0 bridgehead atoms. The molecule has 0 aliphatic carbocycles. The second kappa shape index (κ2) is 5.33. The number of nitrogens with one attached hydrogen (secondary N) is 2. The lowest BCUT2D eigenvalue weighted by molar-refractivity contribution is 0.210. The molecule has 1 rings (SSSR count). The standard InChI is InChI=1S/C8H15N5O/c1-6-11-7(9-2)13-8(12-6)10-4-5-14-3/h4-5H2,1-3H3,(H2,9,10,11,12,13). The summed E-state index contributed by atoms with van der Waals surface area (Å²) in [5.41, 5.74) is 0. The van der Waals surface area contributed by atoms with Gasteiger partial charge in [-0.25, -0.2) is 0 Å². The maximum Gasteiger partial charge on any atom is 0.227 e. The first-order valence-corrected chi connectivity index (χ1v) is 4.39. The Morgan fingerprint density at radius 3 is 2.57 bits per heavy atom. The summed E-state index contributed by atoms with van der Waals surface area (Å²) in [6.45, 7) is 3.13. The summed E-state index contributed by atoms with van der Waals surface area (Å²) < 4.78 is 4.90. The zero-order valence-corrected chi connectivity index (χ0v) is 8.66. The van der Waals surface area contributed by atoms with Crippen LogP contribution >= 0.6 is 0 Å². The van der Waals surface area contributed by atoms with Crippen LogP contribution in [-0.2, 0) is 4.74 Å². The third-order valence-electron chi connectivity index (χ3n) is 1.56. The van der Waals surface area contributed by atoms with Crippen molar-refractivity contribution in [3.8, 4) is 0 Å². The third kappa shape index (κ3) is 3.14. The molecule has 6 nitrogen and oxygen atoms in total. The van der Waals surface area contributed by atoms with E-state index < -0.39 is 0 Å². The molecule has 0 fully saturated rings. The van der Waals surface area contributed by atoms with Crippen LogP contribution in [-0.4, -0.2) is 42.3 Å². The second-order valence-electron chi connectivity index (χ2n) is 2.70. The quantitative estimate of drug-likeness (QED) is 0.661. The second-order valence-corrected chi connectivity index (χ2v) is 2.70. The van der Waals surface area contributed by atoms with Crippen LogP contribution < -0.4 is 10.6 Å². The largest absolute Gasteiger partial charge is 0.383 e. The number of ether oxygens (including phenoxy) is 1. The van der Waals surface area contributed by atoms with E-state index in [1.165, 1.54) is 0 Å². The smallest absolute Gasteiger partial charge is 0.227 e. The summed E-state index contributed by atoms with van der Waals surface area (Å²) in [7, 11) is 3.42. The Labute approximate surface area is 83.1 Å². The van der Waals surface area contributed by atoms with Gasteiger partial charge in [-0.15, -0.1) is 0 Å². The van der Waals surface area contributed by atoms with E-state index in [0.717, 1.165) is 0 Å². The lowest BCUT2D eigenvalue weighted by Gasteiger charge is -2.06. The van der Waals surface area contributed by atoms with Gasteiger partial charge in [0.15, 0.2) is 0 Å². The van der Waals surface area contributed by atoms with Crippen molar-refractivity contribution in [2.75, 3.05) is 37.9 Å². The minimum Gasteiger partial charge on any atom is -0.383 e. The van der Waals surface area contributed by atoms with Gasteiger partial charge in [-0.1, -0.05) is 0 Å². The number of hydrogen-bond donors (Lipinski definition) is 2. The van der Waals surface area contributed by atoms with Crippen LogP contribution in [0, 0.1) is 6.92 Å². The average Bonchev–Trinajstić information content (AvgIpc) is 2.17. The van der Waals surface area contributed by atoms with Gasteiger partial charge in [-0.3, -0.25) is 0 Å². The summed E-state index contributed by atoms with van der Waals surface area (Å²) >= 11 is 0. The molecule has 0 spiro atoms. The van der Waals surface area contributed by atoms with Crippen molar-refractivity contribution in [1.29, 1.82) is 0 Å². The molecule has 2 N–H and O–H groups in total. The molecule has 1 heterocycles. The Morgan fingerprint density at radius 2 is 1.93 bits per heavy atom. The van der Waals surface area contributed by atoms with Gasteiger partial charge in [0, 0.05) is 20.7 Å². The molecule has 0 amide bonds. The molecule has 0 aliphatic heterocycles. The van der Waals surface area contributed by atoms with E-state index >= 15 is 0 Å². The molecular formula is C8H15N5O. The molecule has 6 heteroatoms. The maximum absolute atomic E-state index is 4.90. The van der Waals surface area contributed by atoms with Crippen molar-refractivity contribution >= 4 is 11.9 Å². The van der Waals surface area contributed by atoms with Crippen molar-refractivity contribution in [1.82, 2.24) is 15.0 Å². The topological polar surface area (TPSA) is 72.0 Å². The molecule has 14 heavy (non-hydrogen) atoms. The van der Waals surface area contributed by atoms with E-state index in [9.17, 15) is 0 Å². The Bertz CT molecular complexity index is 291. The van der Waals surface area contributed by atoms with Crippen LogP contribution in [0.15, 0.2) is 0 Å². The monoisotopic (exact) mass is 197 g/mol. The fraction of sp³-hybridized carbons (Fsp3) is 0.625. The van der Waals surface area contributed by atoms with Crippen molar-refractivity contribution in [2.24, 2.45) is 0 Å². The van der Waals surface area contributed by atoms with Crippen LogP contribution in [0.1, 0.15) is 5.82 Å². The summed E-state index contributed by atoms with van der Waals surface area (Å²) in [5.74, 6) is 1.82. The highest BCUT2D eigenvalue weighted by Gasteiger charge is 2.00. The SMILES string of the molecule is CNc1nc(C)nc(NCCOC)n1. The summed E-state index contributed by atoms with van der Waals surface area (Å²) in [4.78, 5) is 12.3. The van der Waals surface area contributed by atoms with E-state index in [1.807, 2.05) is 6.92 Å². The van der Waals surface area contributed by atoms with Crippen LogP contribution in [0.5, 0.6) is 0 Å². The number of aromatic nitrogens is 3. The number of rotatable bonds is 5. The first-order valence-electron chi connectivity index (χ1n) is 4.39. The van der Waals surface area contributed by atoms with E-state index in [1.54, 1.807) is 14.2 Å². The normalized spacial score (nSPS) is 9.93. The third-order valence-corrected chi connectivity index (χ3v) is 1.56. The fourth-order valence-electron chi connectivity index (χ4n) is 0.938. The van der Waals surface area contributed by atoms with Gasteiger partial charge >= 0.3 is 0 Å². The van der Waals surface area contributed by atoms with E-state index in [4.69, 9.17) is 4.74 Å². The highest BCUT2D eigenvalue weighted by Crippen LogP contribution is 2.03. The maximum atomic E-state index is 4.90. The highest BCUT2D eigenvalue weighted by molar-refractivity contribution is 5.33. The number of methoxy groups -OCH3 is 1. The molecule has 1 aromatic heterocycles. The van der Waals surface area contributed by atoms with Crippen molar-refractivity contribution in [3.63, 3.8) is 0 Å². The van der Waals surface area contributed by atoms with Crippen LogP contribution in [0.3, 0.4) is 0 Å². The Balaban J connectivity index is 2.62. The number of nitrogens with zero attached hydrogens (tertiary/aromatic N) is 3. The van der Waals surface area contributed by atoms with Crippen LogP contribution in [0.25, 0.3) is 0 Å². The predicted octanol–water partition coefficient (Wildman–Crippen LogP) is 0.280. The molecular weight excluding hydrogens is 182 g/mol. The molecule has 0 aliphatic rings. The molecule has 1 aromatic rings. The molecule has 0 unspecified atom stereocenters. The minimum atomic E-state index is 0.567.